The van der Waals surface area contributed by atoms with E-state index in [-0.39, 0.29) is 29.7 Å². The van der Waals surface area contributed by atoms with Gasteiger partial charge in [0, 0.05) is 6.04 Å². The second-order valence-electron chi connectivity index (χ2n) is 9.65. The van der Waals surface area contributed by atoms with Crippen LogP contribution in [0.15, 0.2) is 84.9 Å². The van der Waals surface area contributed by atoms with Gasteiger partial charge in [-0.15, -0.1) is 0 Å². The number of hydrogen-bond donors (Lipinski definition) is 3. The first kappa shape index (κ1) is 25.3. The van der Waals surface area contributed by atoms with E-state index in [1.165, 1.54) is 6.07 Å². The molecule has 38 heavy (non-hydrogen) atoms. The average Bonchev–Trinajstić information content (AvgIpc) is 2.91. The Labute approximate surface area is 221 Å². The number of carbonyl (C=O) groups excluding carboxylic acids is 1. The van der Waals surface area contributed by atoms with Crippen LogP contribution in [-0.4, -0.2) is 29.1 Å². The van der Waals surface area contributed by atoms with Gasteiger partial charge >= 0.3 is 5.97 Å². The maximum Gasteiger partial charge on any atom is 0.337 e. The van der Waals surface area contributed by atoms with E-state index in [0.717, 1.165) is 47.8 Å². The van der Waals surface area contributed by atoms with Crippen LogP contribution in [0.5, 0.6) is 17.2 Å². The number of ether oxygens (including phenoxy) is 2. The number of carbonyl (C=O) groups is 2. The van der Waals surface area contributed by atoms with Crippen molar-refractivity contribution in [3.8, 4) is 17.2 Å². The zero-order chi connectivity index (χ0) is 26.5. The number of nitrogens with one attached hydrogen (secondary N) is 1. The molecule has 194 valence electrons. The monoisotopic (exact) mass is 510 g/mol. The molecule has 0 spiro atoms. The molecule has 7 heteroatoms. The fourth-order valence-corrected chi connectivity index (χ4v) is 4.71. The Morgan fingerprint density at radius 3 is 2.21 bits per heavy atom. The van der Waals surface area contributed by atoms with Gasteiger partial charge in [-0.1, -0.05) is 36.4 Å². The summed E-state index contributed by atoms with van der Waals surface area (Å²) < 4.78 is 12.3. The molecule has 4 aromatic carbocycles. The van der Waals surface area contributed by atoms with Gasteiger partial charge in [0.15, 0.2) is 0 Å². The van der Waals surface area contributed by atoms with Crippen molar-refractivity contribution in [2.45, 2.75) is 44.2 Å². The van der Waals surface area contributed by atoms with Crippen LogP contribution < -0.4 is 20.5 Å². The first-order valence-electron chi connectivity index (χ1n) is 12.8. The molecular weight excluding hydrogens is 480 g/mol. The summed E-state index contributed by atoms with van der Waals surface area (Å²) in [7, 11) is 0. The van der Waals surface area contributed by atoms with Crippen LogP contribution in [0.2, 0.25) is 0 Å². The largest absolute Gasteiger partial charge is 0.490 e. The summed E-state index contributed by atoms with van der Waals surface area (Å²) in [6.07, 6.45) is 4.28. The molecule has 5 rings (SSSR count). The standard InChI is InChI=1S/C31H30N2O5/c32-23-9-15-25(16-10-23)38-27-14-8-21-7-13-26(18-22(21)19-27)37-24-11-5-20(6-12-24)17-30(34)33-29-4-2-1-3-28(29)31(35)36/h1-8,11-14,18-19,23,25H,9-10,15-17,32H2,(H,33,34)(H,35,36). The number of carboxylic acid groups (broad SMARTS) is 1. The first-order valence-corrected chi connectivity index (χ1v) is 12.8. The predicted molar refractivity (Wildman–Crippen MR) is 147 cm³/mol. The van der Waals surface area contributed by atoms with Gasteiger partial charge < -0.3 is 25.6 Å². The third-order valence-electron chi connectivity index (χ3n) is 6.76. The molecule has 0 atom stereocenters. The molecule has 0 bridgehead atoms. The number of amides is 1. The van der Waals surface area contributed by atoms with Crippen molar-refractivity contribution < 1.29 is 24.2 Å². The molecule has 0 saturated heterocycles. The van der Waals surface area contributed by atoms with Crippen molar-refractivity contribution in [1.29, 1.82) is 0 Å². The van der Waals surface area contributed by atoms with Crippen LogP contribution in [0, 0.1) is 0 Å². The number of para-hydroxylation sites is 1. The van der Waals surface area contributed by atoms with Crippen molar-refractivity contribution in [3.05, 3.63) is 96.1 Å². The summed E-state index contributed by atoms with van der Waals surface area (Å²) in [6.45, 7) is 0. The molecule has 1 aliphatic rings. The number of carboxylic acids is 1. The first-order chi connectivity index (χ1) is 18.4. The lowest BCUT2D eigenvalue weighted by atomic mass is 9.94. The summed E-state index contributed by atoms with van der Waals surface area (Å²) in [5.74, 6) is 0.818. The molecule has 1 aliphatic carbocycles. The van der Waals surface area contributed by atoms with Gasteiger partial charge in [0.1, 0.15) is 17.2 Å². The highest BCUT2D eigenvalue weighted by atomic mass is 16.5. The minimum atomic E-state index is -1.09. The third kappa shape index (κ3) is 6.30. The Morgan fingerprint density at radius 2 is 1.47 bits per heavy atom. The van der Waals surface area contributed by atoms with Crippen molar-refractivity contribution in [2.24, 2.45) is 5.73 Å². The second kappa shape index (κ2) is 11.4. The molecular formula is C31H30N2O5. The van der Waals surface area contributed by atoms with Gasteiger partial charge in [0.05, 0.1) is 23.8 Å². The van der Waals surface area contributed by atoms with Crippen LogP contribution in [-0.2, 0) is 11.2 Å². The minimum Gasteiger partial charge on any atom is -0.490 e. The molecule has 0 aliphatic heterocycles. The molecule has 4 N–H and O–H groups in total. The quantitative estimate of drug-likeness (QED) is 0.262. The lowest BCUT2D eigenvalue weighted by molar-refractivity contribution is -0.115. The maximum absolute atomic E-state index is 12.5. The summed E-state index contributed by atoms with van der Waals surface area (Å²) in [4.78, 5) is 23.8. The van der Waals surface area contributed by atoms with Crippen LogP contribution >= 0.6 is 0 Å². The van der Waals surface area contributed by atoms with Crippen LogP contribution in [0.1, 0.15) is 41.6 Å². The molecule has 4 aromatic rings. The Balaban J connectivity index is 1.21. The van der Waals surface area contributed by atoms with Crippen LogP contribution in [0.25, 0.3) is 10.8 Å². The number of anilines is 1. The Morgan fingerprint density at radius 1 is 0.816 bits per heavy atom. The summed E-state index contributed by atoms with van der Waals surface area (Å²) in [5.41, 5.74) is 7.12. The number of hydrogen-bond acceptors (Lipinski definition) is 5. The average molecular weight is 511 g/mol. The molecule has 1 fully saturated rings. The van der Waals surface area contributed by atoms with Gasteiger partial charge in [-0.3, -0.25) is 4.79 Å². The zero-order valence-corrected chi connectivity index (χ0v) is 20.9. The molecule has 1 saturated carbocycles. The molecule has 1 amide bonds. The Kier molecular flexibility index (Phi) is 7.56. The summed E-state index contributed by atoms with van der Waals surface area (Å²) in [6, 6.07) is 25.9. The SMILES string of the molecule is NC1CCC(Oc2ccc3ccc(Oc4ccc(CC(=O)Nc5ccccc5C(=O)O)cc4)cc3c2)CC1. The van der Waals surface area contributed by atoms with E-state index in [0.29, 0.717) is 17.5 Å². The maximum atomic E-state index is 12.5. The van der Waals surface area contributed by atoms with E-state index in [9.17, 15) is 14.7 Å². The van der Waals surface area contributed by atoms with Crippen LogP contribution in [0.4, 0.5) is 5.69 Å². The van der Waals surface area contributed by atoms with E-state index in [4.69, 9.17) is 15.2 Å². The second-order valence-corrected chi connectivity index (χ2v) is 9.65. The lowest BCUT2D eigenvalue weighted by Crippen LogP contribution is -2.31. The highest BCUT2D eigenvalue weighted by Crippen LogP contribution is 2.30. The number of fused-ring (bicyclic) bond motifs is 1. The van der Waals surface area contributed by atoms with E-state index in [1.807, 2.05) is 54.6 Å². The normalized spacial score (nSPS) is 17.1. The van der Waals surface area contributed by atoms with Crippen molar-refractivity contribution in [1.82, 2.24) is 0 Å². The molecule has 7 nitrogen and oxygen atoms in total. The highest BCUT2D eigenvalue weighted by molar-refractivity contribution is 6.01. The number of rotatable bonds is 8. The molecule has 0 unspecified atom stereocenters. The van der Waals surface area contributed by atoms with Gasteiger partial charge in [-0.25, -0.2) is 4.79 Å². The Bertz CT molecular complexity index is 1440. The Hall–Kier alpha value is -4.36. The number of nitrogens with two attached hydrogens (primary N) is 1. The molecule has 0 aromatic heterocycles. The van der Waals surface area contributed by atoms with Gasteiger partial charge in [0.25, 0.3) is 0 Å². The van der Waals surface area contributed by atoms with E-state index in [1.54, 1.807) is 18.2 Å². The third-order valence-corrected chi connectivity index (χ3v) is 6.76. The fourth-order valence-electron chi connectivity index (χ4n) is 4.71. The van der Waals surface area contributed by atoms with Crippen molar-refractivity contribution in [2.75, 3.05) is 5.32 Å². The lowest BCUT2D eigenvalue weighted by Gasteiger charge is -2.26. The summed E-state index contributed by atoms with van der Waals surface area (Å²) >= 11 is 0. The van der Waals surface area contributed by atoms with E-state index in [2.05, 4.69) is 11.4 Å². The van der Waals surface area contributed by atoms with Crippen molar-refractivity contribution in [3.63, 3.8) is 0 Å². The van der Waals surface area contributed by atoms with E-state index >= 15 is 0 Å². The number of benzene rings is 4. The van der Waals surface area contributed by atoms with Gasteiger partial charge in [-0.05, 0) is 90.6 Å². The minimum absolute atomic E-state index is 0.0531. The molecule has 0 radical (unpaired) electrons. The van der Waals surface area contributed by atoms with Gasteiger partial charge in [-0.2, -0.15) is 0 Å². The smallest absolute Gasteiger partial charge is 0.337 e. The van der Waals surface area contributed by atoms with E-state index < -0.39 is 5.97 Å². The predicted octanol–water partition coefficient (Wildman–Crippen LogP) is 6.16. The topological polar surface area (TPSA) is 111 Å². The van der Waals surface area contributed by atoms with Crippen LogP contribution in [0.3, 0.4) is 0 Å². The fraction of sp³-hybridized carbons (Fsp3) is 0.226. The van der Waals surface area contributed by atoms with Crippen molar-refractivity contribution >= 4 is 28.3 Å². The zero-order valence-electron chi connectivity index (χ0n) is 20.9. The number of aromatic carboxylic acids is 1. The summed E-state index contributed by atoms with van der Waals surface area (Å²) in [5, 5.41) is 14.1. The highest BCUT2D eigenvalue weighted by Gasteiger charge is 2.20. The van der Waals surface area contributed by atoms with Gasteiger partial charge in [0.2, 0.25) is 5.91 Å². The molecule has 0 heterocycles.